The minimum absolute atomic E-state index is 0.727. The zero-order valence-electron chi connectivity index (χ0n) is 13.3. The SMILES string of the molecule is CCc1cnc(CNC(=NC)N(C)CCOCC2CC2)s1. The van der Waals surface area contributed by atoms with E-state index in [9.17, 15) is 0 Å². The van der Waals surface area contributed by atoms with E-state index < -0.39 is 0 Å². The Morgan fingerprint density at radius 2 is 2.38 bits per heavy atom. The molecule has 0 amide bonds. The molecule has 1 N–H and O–H groups in total. The fourth-order valence-electron chi connectivity index (χ4n) is 1.97. The molecule has 0 aromatic carbocycles. The summed E-state index contributed by atoms with van der Waals surface area (Å²) in [5, 5.41) is 4.46. The molecule has 1 heterocycles. The lowest BCUT2D eigenvalue weighted by molar-refractivity contribution is 0.115. The highest BCUT2D eigenvalue weighted by Gasteiger charge is 2.21. The molecule has 118 valence electrons. The highest BCUT2D eigenvalue weighted by Crippen LogP contribution is 2.28. The van der Waals surface area contributed by atoms with Crippen LogP contribution in [-0.2, 0) is 17.7 Å². The summed E-state index contributed by atoms with van der Waals surface area (Å²) < 4.78 is 5.67. The number of nitrogens with one attached hydrogen (secondary N) is 1. The zero-order valence-corrected chi connectivity index (χ0v) is 14.1. The van der Waals surface area contributed by atoms with Crippen molar-refractivity contribution in [2.24, 2.45) is 10.9 Å². The molecule has 0 aliphatic heterocycles. The van der Waals surface area contributed by atoms with Gasteiger partial charge in [-0.05, 0) is 25.2 Å². The molecule has 6 heteroatoms. The number of guanidine groups is 1. The van der Waals surface area contributed by atoms with Crippen LogP contribution in [0.4, 0.5) is 0 Å². The van der Waals surface area contributed by atoms with Crippen LogP contribution in [0.2, 0.25) is 0 Å². The zero-order chi connectivity index (χ0) is 15.1. The summed E-state index contributed by atoms with van der Waals surface area (Å²) in [5.74, 6) is 1.71. The Morgan fingerprint density at radius 3 is 3.00 bits per heavy atom. The first-order valence-electron chi connectivity index (χ1n) is 7.66. The van der Waals surface area contributed by atoms with Gasteiger partial charge in [-0.15, -0.1) is 11.3 Å². The molecule has 1 fully saturated rings. The van der Waals surface area contributed by atoms with Gasteiger partial charge in [0.25, 0.3) is 0 Å². The first kappa shape index (κ1) is 16.2. The molecule has 0 spiro atoms. The van der Waals surface area contributed by atoms with Crippen LogP contribution in [0.25, 0.3) is 0 Å². The predicted molar refractivity (Wildman–Crippen MR) is 87.9 cm³/mol. The molecular formula is C15H26N4OS. The van der Waals surface area contributed by atoms with Gasteiger partial charge in [0.1, 0.15) is 5.01 Å². The Labute approximate surface area is 131 Å². The maximum atomic E-state index is 5.67. The quantitative estimate of drug-likeness (QED) is 0.454. The highest BCUT2D eigenvalue weighted by atomic mass is 32.1. The topological polar surface area (TPSA) is 49.8 Å². The maximum Gasteiger partial charge on any atom is 0.193 e. The third-order valence-corrected chi connectivity index (χ3v) is 4.68. The molecule has 0 radical (unpaired) electrons. The molecule has 5 nitrogen and oxygen atoms in total. The minimum atomic E-state index is 0.727. The smallest absolute Gasteiger partial charge is 0.193 e. The van der Waals surface area contributed by atoms with Gasteiger partial charge in [-0.3, -0.25) is 4.99 Å². The van der Waals surface area contributed by atoms with Crippen molar-refractivity contribution >= 4 is 17.3 Å². The molecule has 0 atom stereocenters. The second-order valence-electron chi connectivity index (χ2n) is 5.41. The van der Waals surface area contributed by atoms with Gasteiger partial charge in [-0.25, -0.2) is 4.98 Å². The summed E-state index contributed by atoms with van der Waals surface area (Å²) in [4.78, 5) is 12.1. The predicted octanol–water partition coefficient (Wildman–Crippen LogP) is 2.14. The highest BCUT2D eigenvalue weighted by molar-refractivity contribution is 7.11. The van der Waals surface area contributed by atoms with E-state index in [1.54, 1.807) is 11.3 Å². The number of likely N-dealkylation sites (N-methyl/N-ethyl adjacent to an activating group) is 1. The first-order valence-corrected chi connectivity index (χ1v) is 8.47. The lowest BCUT2D eigenvalue weighted by Crippen LogP contribution is -2.40. The summed E-state index contributed by atoms with van der Waals surface area (Å²) in [5.41, 5.74) is 0. The van der Waals surface area contributed by atoms with Gasteiger partial charge < -0.3 is 15.0 Å². The van der Waals surface area contributed by atoms with Gasteiger partial charge in [-0.2, -0.15) is 0 Å². The largest absolute Gasteiger partial charge is 0.379 e. The number of ether oxygens (including phenoxy) is 1. The Balaban J connectivity index is 1.67. The molecule has 1 saturated carbocycles. The van der Waals surface area contributed by atoms with Crippen molar-refractivity contribution in [1.82, 2.24) is 15.2 Å². The van der Waals surface area contributed by atoms with Crippen molar-refractivity contribution in [2.45, 2.75) is 32.7 Å². The van der Waals surface area contributed by atoms with E-state index in [2.05, 4.69) is 27.1 Å². The fraction of sp³-hybridized carbons (Fsp3) is 0.733. The number of aromatic nitrogens is 1. The molecule has 1 aliphatic rings. The van der Waals surface area contributed by atoms with Crippen molar-refractivity contribution in [2.75, 3.05) is 33.9 Å². The fourth-order valence-corrected chi connectivity index (χ4v) is 2.78. The minimum Gasteiger partial charge on any atom is -0.379 e. The lowest BCUT2D eigenvalue weighted by Gasteiger charge is -2.21. The number of aliphatic imine (C=N–C) groups is 1. The molecular weight excluding hydrogens is 284 g/mol. The van der Waals surface area contributed by atoms with E-state index in [4.69, 9.17) is 4.74 Å². The number of hydrogen-bond acceptors (Lipinski definition) is 4. The summed E-state index contributed by atoms with van der Waals surface area (Å²) >= 11 is 1.76. The van der Waals surface area contributed by atoms with Crippen LogP contribution in [0.15, 0.2) is 11.2 Å². The Bertz CT molecular complexity index is 456. The molecule has 1 aromatic rings. The molecule has 0 bridgehead atoms. The van der Waals surface area contributed by atoms with Crippen molar-refractivity contribution < 1.29 is 4.74 Å². The monoisotopic (exact) mass is 310 g/mol. The van der Waals surface area contributed by atoms with Gasteiger partial charge in [0.05, 0.1) is 13.2 Å². The third-order valence-electron chi connectivity index (χ3n) is 3.54. The van der Waals surface area contributed by atoms with Crippen LogP contribution in [0, 0.1) is 5.92 Å². The van der Waals surface area contributed by atoms with E-state index in [-0.39, 0.29) is 0 Å². The van der Waals surface area contributed by atoms with E-state index in [0.29, 0.717) is 0 Å². The number of rotatable bonds is 8. The molecule has 2 rings (SSSR count). The summed E-state index contributed by atoms with van der Waals surface area (Å²) in [6, 6.07) is 0. The van der Waals surface area contributed by atoms with Crippen molar-refractivity contribution in [3.8, 4) is 0 Å². The van der Waals surface area contributed by atoms with Gasteiger partial charge in [-0.1, -0.05) is 6.92 Å². The molecule has 1 aliphatic carbocycles. The standard InChI is InChI=1S/C15H26N4OS/c1-4-13-9-17-14(21-13)10-18-15(16-2)19(3)7-8-20-11-12-5-6-12/h9,12H,4-8,10-11H2,1-3H3,(H,16,18). The Morgan fingerprint density at radius 1 is 1.57 bits per heavy atom. The van der Waals surface area contributed by atoms with Crippen LogP contribution in [0.1, 0.15) is 29.7 Å². The summed E-state index contributed by atoms with van der Waals surface area (Å²) in [6.45, 7) is 5.40. The Kier molecular flexibility index (Phi) is 6.45. The van der Waals surface area contributed by atoms with Crippen molar-refractivity contribution in [1.29, 1.82) is 0 Å². The van der Waals surface area contributed by atoms with Gasteiger partial charge >= 0.3 is 0 Å². The average molecular weight is 310 g/mol. The van der Waals surface area contributed by atoms with Crippen molar-refractivity contribution in [3.63, 3.8) is 0 Å². The van der Waals surface area contributed by atoms with Gasteiger partial charge in [0, 0.05) is 38.3 Å². The van der Waals surface area contributed by atoms with Crippen LogP contribution < -0.4 is 5.32 Å². The van der Waals surface area contributed by atoms with Crippen LogP contribution >= 0.6 is 11.3 Å². The Hall–Kier alpha value is -1.14. The number of thiazole rings is 1. The van der Waals surface area contributed by atoms with Gasteiger partial charge in [0.2, 0.25) is 0 Å². The summed E-state index contributed by atoms with van der Waals surface area (Å²) in [6.07, 6.45) is 5.68. The second-order valence-corrected chi connectivity index (χ2v) is 6.61. The molecule has 21 heavy (non-hydrogen) atoms. The number of nitrogens with zero attached hydrogens (tertiary/aromatic N) is 3. The van der Waals surface area contributed by atoms with Crippen LogP contribution in [0.3, 0.4) is 0 Å². The molecule has 0 unspecified atom stereocenters. The average Bonchev–Trinajstić information content (AvgIpc) is 3.21. The van der Waals surface area contributed by atoms with E-state index >= 15 is 0 Å². The number of aryl methyl sites for hydroxylation is 1. The van der Waals surface area contributed by atoms with Crippen molar-refractivity contribution in [3.05, 3.63) is 16.1 Å². The second kappa shape index (κ2) is 8.34. The lowest BCUT2D eigenvalue weighted by atomic mass is 10.4. The van der Waals surface area contributed by atoms with E-state index in [1.807, 2.05) is 20.3 Å². The molecule has 1 aromatic heterocycles. The number of hydrogen-bond donors (Lipinski definition) is 1. The normalized spacial score (nSPS) is 15.3. The molecule has 0 saturated heterocycles. The third kappa shape index (κ3) is 5.63. The van der Waals surface area contributed by atoms with E-state index in [1.165, 1.54) is 17.7 Å². The van der Waals surface area contributed by atoms with E-state index in [0.717, 1.165) is 49.6 Å². The maximum absolute atomic E-state index is 5.67. The van der Waals surface area contributed by atoms with Crippen LogP contribution in [0.5, 0.6) is 0 Å². The summed E-state index contributed by atoms with van der Waals surface area (Å²) in [7, 11) is 3.85. The van der Waals surface area contributed by atoms with Crippen LogP contribution in [-0.4, -0.2) is 49.7 Å². The van der Waals surface area contributed by atoms with Gasteiger partial charge in [0.15, 0.2) is 5.96 Å². The first-order chi connectivity index (χ1) is 10.2.